The summed E-state index contributed by atoms with van der Waals surface area (Å²) in [6.45, 7) is 37.9. The Morgan fingerprint density at radius 2 is 1.32 bits per heavy atom. The minimum absolute atomic E-state index is 0.448. The molecule has 0 unspecified atom stereocenters. The van der Waals surface area contributed by atoms with Crippen molar-refractivity contribution in [1.29, 1.82) is 0 Å². The van der Waals surface area contributed by atoms with Crippen molar-refractivity contribution in [2.24, 2.45) is 0 Å². The number of aromatic nitrogens is 5. The van der Waals surface area contributed by atoms with Gasteiger partial charge < -0.3 is 15.2 Å². The highest BCUT2D eigenvalue weighted by atomic mass is 32.1. The van der Waals surface area contributed by atoms with Crippen LogP contribution in [0.3, 0.4) is 0 Å². The Morgan fingerprint density at radius 3 is 1.91 bits per heavy atom. The van der Waals surface area contributed by atoms with E-state index in [0.29, 0.717) is 23.7 Å². The van der Waals surface area contributed by atoms with Crippen LogP contribution in [0.5, 0.6) is 0 Å². The zero-order valence-corrected chi connectivity index (χ0v) is 39.9. The molecule has 8 rings (SSSR count). The van der Waals surface area contributed by atoms with Gasteiger partial charge in [-0.05, 0) is 60.5 Å². The molecular weight excluding hydrogens is 751 g/mol. The summed E-state index contributed by atoms with van der Waals surface area (Å²) in [5.74, 6) is 2.22. The normalized spacial score (nSPS) is 12.4. The van der Waals surface area contributed by atoms with Gasteiger partial charge in [-0.1, -0.05) is 116 Å². The van der Waals surface area contributed by atoms with Crippen molar-refractivity contribution < 1.29 is 4.52 Å². The third-order valence-corrected chi connectivity index (χ3v) is 11.8. The van der Waals surface area contributed by atoms with Crippen LogP contribution < -0.4 is 10.6 Å². The molecule has 11 heteroatoms. The van der Waals surface area contributed by atoms with E-state index in [4.69, 9.17) is 4.52 Å². The first-order valence-electron chi connectivity index (χ1n) is 21.0. The topological polar surface area (TPSA) is 102 Å². The molecule has 0 spiro atoms. The van der Waals surface area contributed by atoms with Crippen LogP contribution in [-0.2, 0) is 25.9 Å². The van der Waals surface area contributed by atoms with Gasteiger partial charge in [0, 0.05) is 64.1 Å². The van der Waals surface area contributed by atoms with Gasteiger partial charge in [0.25, 0.3) is 0 Å². The van der Waals surface area contributed by atoms with E-state index in [9.17, 15) is 0 Å². The van der Waals surface area contributed by atoms with Crippen molar-refractivity contribution in [2.75, 3.05) is 13.1 Å². The molecule has 6 aromatic heterocycles. The lowest BCUT2D eigenvalue weighted by Crippen LogP contribution is -2.22. The van der Waals surface area contributed by atoms with Gasteiger partial charge in [0.2, 0.25) is 0 Å². The second-order valence-corrected chi connectivity index (χ2v) is 16.5. The molecule has 8 heterocycles. The summed E-state index contributed by atoms with van der Waals surface area (Å²) in [5.41, 5.74) is 9.72. The molecule has 312 valence electrons. The highest BCUT2D eigenvalue weighted by molar-refractivity contribution is 7.16. The SMILES string of the molecule is CC.CC.CC.CC.CC(C)c1cc2c(s1)CNCC2.CC(C)c1ccc2ncsc2n1.CC(C)c1ccnc2cnoc12.CC(C)c1nc2c(s1)CNCC2. The van der Waals surface area contributed by atoms with Gasteiger partial charge in [0.15, 0.2) is 5.58 Å². The van der Waals surface area contributed by atoms with Crippen molar-refractivity contribution in [3.05, 3.63) is 84.3 Å². The molecule has 0 fully saturated rings. The predicted octanol–water partition coefficient (Wildman–Crippen LogP) is 13.7. The molecule has 2 aliphatic heterocycles. The quantitative estimate of drug-likeness (QED) is 0.181. The lowest BCUT2D eigenvalue weighted by molar-refractivity contribution is 0.452. The third kappa shape index (κ3) is 15.7. The number of thiophene rings is 1. The second-order valence-electron chi connectivity index (χ2n) is 13.3. The Morgan fingerprint density at radius 1 is 0.661 bits per heavy atom. The number of fused-ring (bicyclic) bond motifs is 4. The number of nitrogens with zero attached hydrogens (tertiary/aromatic N) is 5. The van der Waals surface area contributed by atoms with Crippen molar-refractivity contribution >= 4 is 55.5 Å². The van der Waals surface area contributed by atoms with Gasteiger partial charge in [-0.15, -0.1) is 34.0 Å². The molecule has 2 aliphatic rings. The molecule has 0 aliphatic carbocycles. The molecule has 8 nitrogen and oxygen atoms in total. The fourth-order valence-corrected chi connectivity index (χ4v) is 8.23. The van der Waals surface area contributed by atoms with Gasteiger partial charge >= 0.3 is 0 Å². The first-order valence-corrected chi connectivity index (χ1v) is 23.5. The fraction of sp³-hybridized carbons (Fsp3) is 0.578. The summed E-state index contributed by atoms with van der Waals surface area (Å²) >= 11 is 5.45. The largest absolute Gasteiger partial charge is 0.354 e. The highest BCUT2D eigenvalue weighted by Gasteiger charge is 2.16. The smallest absolute Gasteiger partial charge is 0.188 e. The Kier molecular flexibility index (Phi) is 25.8. The molecule has 0 bridgehead atoms. The average Bonchev–Trinajstić information content (AvgIpc) is 4.07. The Bertz CT molecular complexity index is 1780. The van der Waals surface area contributed by atoms with Crippen LogP contribution in [0.1, 0.15) is 177 Å². The van der Waals surface area contributed by atoms with Crippen LogP contribution in [0, 0.1) is 0 Å². The van der Waals surface area contributed by atoms with E-state index >= 15 is 0 Å². The highest BCUT2D eigenvalue weighted by Crippen LogP contribution is 2.30. The molecule has 0 atom stereocenters. The first-order chi connectivity index (χ1) is 27.1. The first kappa shape index (κ1) is 50.9. The van der Waals surface area contributed by atoms with E-state index in [1.54, 1.807) is 39.0 Å². The zero-order chi connectivity index (χ0) is 42.2. The molecule has 2 N–H and O–H groups in total. The van der Waals surface area contributed by atoms with Gasteiger partial charge in [-0.2, -0.15) is 0 Å². The lowest BCUT2D eigenvalue weighted by Gasteiger charge is -2.10. The Labute approximate surface area is 351 Å². The predicted molar refractivity (Wildman–Crippen MR) is 248 cm³/mol. The molecule has 6 aromatic rings. The molecule has 0 saturated carbocycles. The summed E-state index contributed by atoms with van der Waals surface area (Å²) in [6.07, 6.45) is 5.76. The van der Waals surface area contributed by atoms with Crippen LogP contribution in [0.4, 0.5) is 0 Å². The van der Waals surface area contributed by atoms with E-state index in [-0.39, 0.29) is 0 Å². The van der Waals surface area contributed by atoms with E-state index < -0.39 is 0 Å². The summed E-state index contributed by atoms with van der Waals surface area (Å²) in [7, 11) is 0. The molecule has 0 radical (unpaired) electrons. The minimum Gasteiger partial charge on any atom is -0.354 e. The summed E-state index contributed by atoms with van der Waals surface area (Å²) < 4.78 is 5.10. The molecule has 0 saturated heterocycles. The fourth-order valence-electron chi connectivity index (χ4n) is 5.29. The van der Waals surface area contributed by atoms with E-state index in [1.807, 2.05) is 102 Å². The monoisotopic (exact) mass is 824 g/mol. The van der Waals surface area contributed by atoms with Crippen molar-refractivity contribution in [2.45, 2.75) is 160 Å². The third-order valence-electron chi connectivity index (χ3n) is 8.17. The van der Waals surface area contributed by atoms with Crippen LogP contribution in [0.15, 0.2) is 46.7 Å². The number of hydrogen-bond acceptors (Lipinski definition) is 11. The van der Waals surface area contributed by atoms with E-state index in [1.165, 1.54) is 22.0 Å². The van der Waals surface area contributed by atoms with Gasteiger partial charge in [0.05, 0.1) is 27.9 Å². The summed E-state index contributed by atoms with van der Waals surface area (Å²) in [5, 5.41) is 11.8. The van der Waals surface area contributed by atoms with E-state index in [2.05, 4.69) is 97.2 Å². The summed E-state index contributed by atoms with van der Waals surface area (Å²) in [4.78, 5) is 23.0. The number of hydrogen-bond donors (Lipinski definition) is 2. The van der Waals surface area contributed by atoms with Crippen molar-refractivity contribution in [3.8, 4) is 0 Å². The van der Waals surface area contributed by atoms with Gasteiger partial charge in [-0.3, -0.25) is 4.98 Å². The zero-order valence-electron chi connectivity index (χ0n) is 37.5. The van der Waals surface area contributed by atoms with Gasteiger partial charge in [-0.25, -0.2) is 15.0 Å². The number of thiazole rings is 2. The maximum atomic E-state index is 5.10. The van der Waals surface area contributed by atoms with Crippen LogP contribution in [-0.4, -0.2) is 38.2 Å². The van der Waals surface area contributed by atoms with Crippen molar-refractivity contribution in [1.82, 2.24) is 35.7 Å². The molecular formula is C45H73N7OS3. The molecule has 0 amide bonds. The molecule has 56 heavy (non-hydrogen) atoms. The average molecular weight is 824 g/mol. The Balaban J connectivity index is 0.000000352. The van der Waals surface area contributed by atoms with E-state index in [0.717, 1.165) is 65.3 Å². The van der Waals surface area contributed by atoms with Crippen LogP contribution in [0.2, 0.25) is 0 Å². The lowest BCUT2D eigenvalue weighted by atomic mass is 10.0. The number of rotatable bonds is 4. The van der Waals surface area contributed by atoms with Crippen molar-refractivity contribution in [3.63, 3.8) is 0 Å². The van der Waals surface area contributed by atoms with Crippen LogP contribution >= 0.6 is 34.0 Å². The standard InChI is InChI=1S/C10H15NS.C9H10N2O.C9H14N2S.C9H10N2S.4C2H6/c1-7(2)9-5-8-3-4-11-6-10(8)12-9;1-6(2)7-3-4-10-8-5-11-12-9(7)8;1-6(2)9-11-7-3-4-10-5-8(7)12-9;1-6(2)7-3-4-8-9(11-7)12-5-10-8;4*1-2/h5,7,11H,3-4,6H2,1-2H3;3-6H,1-2H3;6,10H,3-5H2,1-2H3;3-6H,1-2H3;4*1-2H3. The van der Waals surface area contributed by atoms with Gasteiger partial charge in [0.1, 0.15) is 10.3 Å². The summed E-state index contributed by atoms with van der Waals surface area (Å²) in [6, 6.07) is 8.45. The second kappa shape index (κ2) is 28.3. The number of nitrogens with one attached hydrogen (secondary N) is 2. The molecule has 0 aromatic carbocycles. The Hall–Kier alpha value is -3.09. The minimum atomic E-state index is 0.448. The maximum absolute atomic E-state index is 5.10. The maximum Gasteiger partial charge on any atom is 0.188 e. The van der Waals surface area contributed by atoms with Crippen LogP contribution in [0.25, 0.3) is 21.4 Å². The number of pyridine rings is 2.